The summed E-state index contributed by atoms with van der Waals surface area (Å²) in [5.41, 5.74) is 1.73. The molecule has 27 heavy (non-hydrogen) atoms. The number of aryl methyl sites for hydroxylation is 1. The van der Waals surface area contributed by atoms with Crippen LogP contribution in [0, 0.1) is 0 Å². The third kappa shape index (κ3) is 6.28. The van der Waals surface area contributed by atoms with Gasteiger partial charge in [0.15, 0.2) is 6.61 Å². The number of carbonyl (C=O) groups is 2. The van der Waals surface area contributed by atoms with Gasteiger partial charge in [-0.05, 0) is 30.2 Å². The number of halogens is 2. The number of rotatable bonds is 8. The van der Waals surface area contributed by atoms with Gasteiger partial charge in [-0.1, -0.05) is 6.92 Å². The molecule has 2 heterocycles. The Morgan fingerprint density at radius 3 is 2.70 bits per heavy atom. The number of pyridine rings is 2. The lowest BCUT2D eigenvalue weighted by Crippen LogP contribution is -2.23. The molecule has 0 aliphatic carbocycles. The minimum atomic E-state index is -2.57. The van der Waals surface area contributed by atoms with Crippen molar-refractivity contribution in [3.8, 4) is 5.88 Å². The molecule has 2 N–H and O–H groups in total. The maximum atomic E-state index is 12.3. The molecule has 144 valence electrons. The van der Waals surface area contributed by atoms with Crippen molar-refractivity contribution in [1.82, 2.24) is 15.3 Å². The maximum absolute atomic E-state index is 12.3. The highest BCUT2D eigenvalue weighted by atomic mass is 19.3. The van der Waals surface area contributed by atoms with Gasteiger partial charge in [0.05, 0.1) is 0 Å². The van der Waals surface area contributed by atoms with Gasteiger partial charge in [0.2, 0.25) is 11.8 Å². The number of nitrogens with one attached hydrogen (secondary N) is 2. The highest BCUT2D eigenvalue weighted by Crippen LogP contribution is 2.18. The van der Waals surface area contributed by atoms with Crippen LogP contribution in [-0.2, 0) is 17.8 Å². The third-order valence-corrected chi connectivity index (χ3v) is 3.49. The lowest BCUT2D eigenvalue weighted by molar-refractivity contribution is -0.114. The number of hydrogen-bond donors (Lipinski definition) is 2. The average Bonchev–Trinajstić information content (AvgIpc) is 2.64. The Morgan fingerprint density at radius 2 is 2.04 bits per heavy atom. The smallest absolute Gasteiger partial charge is 0.272 e. The molecule has 0 saturated carbocycles. The fraction of sp³-hybridized carbons (Fsp3) is 0.333. The van der Waals surface area contributed by atoms with Crippen LogP contribution in [0.2, 0.25) is 0 Å². The quantitative estimate of drug-likeness (QED) is 0.736. The molecule has 2 aromatic rings. The zero-order valence-electron chi connectivity index (χ0n) is 15.0. The molecular formula is C18H20F2N4O3. The second-order valence-corrected chi connectivity index (χ2v) is 5.66. The minimum absolute atomic E-state index is 0.168. The first kappa shape index (κ1) is 20.2. The van der Waals surface area contributed by atoms with Gasteiger partial charge in [-0.15, -0.1) is 0 Å². The SMILES string of the molecule is CCc1cc(CNC(=O)c2ccnc(NC(C)=O)c2)cnc1OCC(F)F. The van der Waals surface area contributed by atoms with E-state index in [0.29, 0.717) is 23.1 Å². The van der Waals surface area contributed by atoms with Crippen LogP contribution in [-0.4, -0.2) is 34.8 Å². The molecule has 0 aliphatic heterocycles. The normalized spacial score (nSPS) is 10.6. The Bertz CT molecular complexity index is 815. The van der Waals surface area contributed by atoms with Gasteiger partial charge in [-0.25, -0.2) is 18.7 Å². The first-order chi connectivity index (χ1) is 12.9. The molecule has 7 nitrogen and oxygen atoms in total. The van der Waals surface area contributed by atoms with Crippen molar-refractivity contribution in [2.75, 3.05) is 11.9 Å². The van der Waals surface area contributed by atoms with E-state index in [9.17, 15) is 18.4 Å². The number of nitrogens with zero attached hydrogens (tertiary/aromatic N) is 2. The second kappa shape index (κ2) is 9.56. The van der Waals surface area contributed by atoms with Crippen LogP contribution < -0.4 is 15.4 Å². The van der Waals surface area contributed by atoms with E-state index in [1.165, 1.54) is 31.5 Å². The average molecular weight is 378 g/mol. The van der Waals surface area contributed by atoms with Crippen molar-refractivity contribution in [1.29, 1.82) is 0 Å². The lowest BCUT2D eigenvalue weighted by atomic mass is 10.1. The lowest BCUT2D eigenvalue weighted by Gasteiger charge is -2.11. The van der Waals surface area contributed by atoms with Gasteiger partial charge < -0.3 is 15.4 Å². The number of aromatic nitrogens is 2. The van der Waals surface area contributed by atoms with Gasteiger partial charge in [-0.2, -0.15) is 0 Å². The van der Waals surface area contributed by atoms with E-state index < -0.39 is 13.0 Å². The fourth-order valence-corrected chi connectivity index (χ4v) is 2.27. The van der Waals surface area contributed by atoms with Crippen molar-refractivity contribution in [2.24, 2.45) is 0 Å². The molecule has 0 radical (unpaired) electrons. The standard InChI is InChI=1S/C18H20F2N4O3/c1-3-13-6-12(9-23-18(13)27-10-15(19)20)8-22-17(26)14-4-5-21-16(7-14)24-11(2)25/h4-7,9,15H,3,8,10H2,1-2H3,(H,22,26)(H,21,24,25). The Morgan fingerprint density at radius 1 is 1.26 bits per heavy atom. The summed E-state index contributed by atoms with van der Waals surface area (Å²) >= 11 is 0. The largest absolute Gasteiger partial charge is 0.471 e. The summed E-state index contributed by atoms with van der Waals surface area (Å²) < 4.78 is 29.5. The molecule has 0 unspecified atom stereocenters. The molecule has 0 fully saturated rings. The molecule has 0 aliphatic rings. The van der Waals surface area contributed by atoms with Gasteiger partial charge in [0.1, 0.15) is 5.82 Å². The van der Waals surface area contributed by atoms with E-state index in [1.807, 2.05) is 6.92 Å². The summed E-state index contributed by atoms with van der Waals surface area (Å²) in [5.74, 6) is -0.181. The van der Waals surface area contributed by atoms with E-state index in [0.717, 1.165) is 0 Å². The van der Waals surface area contributed by atoms with E-state index in [4.69, 9.17) is 4.74 Å². The first-order valence-electron chi connectivity index (χ1n) is 8.29. The Hall–Kier alpha value is -3.10. The highest BCUT2D eigenvalue weighted by molar-refractivity contribution is 5.96. The van der Waals surface area contributed by atoms with E-state index in [2.05, 4.69) is 20.6 Å². The number of anilines is 1. The van der Waals surface area contributed by atoms with E-state index in [-0.39, 0.29) is 30.1 Å². The monoisotopic (exact) mass is 378 g/mol. The molecule has 0 bridgehead atoms. The maximum Gasteiger partial charge on any atom is 0.272 e. The summed E-state index contributed by atoms with van der Waals surface area (Å²) in [6.45, 7) is 2.69. The Labute approximate surface area is 155 Å². The number of carbonyl (C=O) groups excluding carboxylic acids is 2. The topological polar surface area (TPSA) is 93.2 Å². The van der Waals surface area contributed by atoms with Crippen molar-refractivity contribution in [3.05, 3.63) is 47.3 Å². The van der Waals surface area contributed by atoms with Crippen molar-refractivity contribution >= 4 is 17.6 Å². The van der Waals surface area contributed by atoms with Crippen molar-refractivity contribution < 1.29 is 23.1 Å². The van der Waals surface area contributed by atoms with Crippen LogP contribution in [0.1, 0.15) is 35.3 Å². The zero-order valence-corrected chi connectivity index (χ0v) is 15.0. The molecule has 2 aromatic heterocycles. The summed E-state index contributed by atoms with van der Waals surface area (Å²) in [6.07, 6.45) is 0.873. The molecular weight excluding hydrogens is 358 g/mol. The molecule has 0 atom stereocenters. The second-order valence-electron chi connectivity index (χ2n) is 5.66. The van der Waals surface area contributed by atoms with Crippen LogP contribution in [0.15, 0.2) is 30.6 Å². The Kier molecular flexibility index (Phi) is 7.16. The first-order valence-corrected chi connectivity index (χ1v) is 8.29. The van der Waals surface area contributed by atoms with E-state index in [1.54, 1.807) is 6.07 Å². The zero-order chi connectivity index (χ0) is 19.8. The fourth-order valence-electron chi connectivity index (χ4n) is 2.27. The molecule has 2 rings (SSSR count). The minimum Gasteiger partial charge on any atom is -0.471 e. The summed E-state index contributed by atoms with van der Waals surface area (Å²) in [4.78, 5) is 31.3. The highest BCUT2D eigenvalue weighted by Gasteiger charge is 2.11. The summed E-state index contributed by atoms with van der Waals surface area (Å²) in [6, 6.07) is 4.74. The summed E-state index contributed by atoms with van der Waals surface area (Å²) in [7, 11) is 0. The van der Waals surface area contributed by atoms with Crippen molar-refractivity contribution in [3.63, 3.8) is 0 Å². The van der Waals surface area contributed by atoms with Crippen LogP contribution in [0.3, 0.4) is 0 Å². The van der Waals surface area contributed by atoms with Gasteiger partial charge >= 0.3 is 0 Å². The molecule has 2 amide bonds. The molecule has 0 spiro atoms. The van der Waals surface area contributed by atoms with Crippen LogP contribution >= 0.6 is 0 Å². The van der Waals surface area contributed by atoms with Gasteiger partial charge in [0, 0.05) is 37.0 Å². The number of alkyl halides is 2. The molecule has 0 aromatic carbocycles. The summed E-state index contributed by atoms with van der Waals surface area (Å²) in [5, 5.41) is 5.24. The number of amides is 2. The predicted octanol–water partition coefficient (Wildman–Crippen LogP) is 2.57. The van der Waals surface area contributed by atoms with Crippen LogP contribution in [0.5, 0.6) is 5.88 Å². The molecule has 0 saturated heterocycles. The van der Waals surface area contributed by atoms with Gasteiger partial charge in [0.25, 0.3) is 12.3 Å². The van der Waals surface area contributed by atoms with Crippen molar-refractivity contribution in [2.45, 2.75) is 33.2 Å². The van der Waals surface area contributed by atoms with E-state index >= 15 is 0 Å². The third-order valence-electron chi connectivity index (χ3n) is 3.49. The number of ether oxygens (including phenoxy) is 1. The predicted molar refractivity (Wildman–Crippen MR) is 94.8 cm³/mol. The van der Waals surface area contributed by atoms with Crippen LogP contribution in [0.4, 0.5) is 14.6 Å². The van der Waals surface area contributed by atoms with Crippen LogP contribution in [0.25, 0.3) is 0 Å². The molecule has 9 heteroatoms. The van der Waals surface area contributed by atoms with Gasteiger partial charge in [-0.3, -0.25) is 9.59 Å². The number of hydrogen-bond acceptors (Lipinski definition) is 5. The Balaban J connectivity index is 2.01.